The summed E-state index contributed by atoms with van der Waals surface area (Å²) in [6, 6.07) is 0. The van der Waals surface area contributed by atoms with Crippen LogP contribution in [0.2, 0.25) is 17.7 Å². The Hall–Kier alpha value is -2.10. The fraction of sp³-hybridized carbons (Fsp3) is 0.821. The van der Waals surface area contributed by atoms with Gasteiger partial charge in [0, 0.05) is 24.1 Å². The molecular formula is C56H104O12Sn2. The van der Waals surface area contributed by atoms with Crippen molar-refractivity contribution in [3.63, 3.8) is 0 Å². The van der Waals surface area contributed by atoms with E-state index in [1.54, 1.807) is 30.6 Å². The van der Waals surface area contributed by atoms with Gasteiger partial charge in [0.25, 0.3) is 0 Å². The van der Waals surface area contributed by atoms with Gasteiger partial charge in [-0.05, 0) is 37.8 Å². The molecule has 0 amide bonds. The van der Waals surface area contributed by atoms with Gasteiger partial charge >= 0.3 is 202 Å². The molecule has 0 saturated heterocycles. The van der Waals surface area contributed by atoms with Crippen molar-refractivity contribution in [3.05, 3.63) is 24.3 Å². The number of hydrogen-bond donors (Lipinski definition) is 2. The summed E-state index contributed by atoms with van der Waals surface area (Å²) in [7, 11) is 0. The molecular weight excluding hydrogens is 1100 g/mol. The third-order valence-electron chi connectivity index (χ3n) is 10.5. The maximum absolute atomic E-state index is 10.1. The number of carboxylic acids is 6. The van der Waals surface area contributed by atoms with Crippen LogP contribution in [0, 0.1) is 0 Å². The first-order chi connectivity index (χ1) is 33.6. The van der Waals surface area contributed by atoms with Gasteiger partial charge in [0.05, 0.1) is 11.9 Å². The van der Waals surface area contributed by atoms with Crippen LogP contribution in [0.3, 0.4) is 0 Å². The van der Waals surface area contributed by atoms with Crippen LogP contribution in [0.1, 0.15) is 273 Å². The second kappa shape index (κ2) is 75.8. The van der Waals surface area contributed by atoms with E-state index in [1.165, 1.54) is 180 Å². The third kappa shape index (κ3) is 111. The molecule has 0 aliphatic carbocycles. The first-order valence-corrected chi connectivity index (χ1v) is 35.7. The fourth-order valence-electron chi connectivity index (χ4n) is 6.35. The molecule has 0 heterocycles. The van der Waals surface area contributed by atoms with Crippen molar-refractivity contribution in [1.82, 2.24) is 0 Å². The van der Waals surface area contributed by atoms with Crippen LogP contribution in [-0.2, 0) is 28.8 Å². The maximum Gasteiger partial charge on any atom is 0.328 e. The standard InChI is InChI=1S/2C12H24O2.2C8H17.2C4H4O4.2C4H9.2Sn/c2*1-2-3-4-5-6-7-8-9-10-11-12(13)14;2*1-3-5-7-8-6-4-2;2*5-3(6)1-2-4(7)8;2*1-3-4-2;;/h2*2-11H2,1H3,(H,13,14);2*1,3-8H2,2H3;2*1-2H,(H,5,6)(H,7,8);2*1,3-4H2,2H3;;/q;;;;;;;;2*+2/p-4/b;;;;2*2-1-;;;;. The van der Waals surface area contributed by atoms with E-state index in [0.29, 0.717) is 24.3 Å². The normalized spacial score (nSPS) is 10.0. The molecule has 12 nitrogen and oxygen atoms in total. The van der Waals surface area contributed by atoms with Gasteiger partial charge in [-0.15, -0.1) is 0 Å². The van der Waals surface area contributed by atoms with Gasteiger partial charge in [0.15, 0.2) is 0 Å². The minimum absolute atomic E-state index is 0.0736. The Kier molecular flexibility index (Phi) is 85.9. The minimum atomic E-state index is -1.55. The minimum Gasteiger partial charge on any atom is -0.545 e. The summed E-state index contributed by atoms with van der Waals surface area (Å²) in [4.78, 5) is 58.1. The quantitative estimate of drug-likeness (QED) is 0.0329. The van der Waals surface area contributed by atoms with Crippen LogP contribution in [-0.4, -0.2) is 88.3 Å². The molecule has 0 aromatic heterocycles. The van der Waals surface area contributed by atoms with Gasteiger partial charge in [0.1, 0.15) is 0 Å². The van der Waals surface area contributed by atoms with E-state index in [2.05, 4.69) is 41.5 Å². The van der Waals surface area contributed by atoms with Crippen molar-refractivity contribution >= 4 is 78.1 Å². The van der Waals surface area contributed by atoms with E-state index in [1.807, 2.05) is 0 Å². The predicted molar refractivity (Wildman–Crippen MR) is 285 cm³/mol. The summed E-state index contributed by atoms with van der Waals surface area (Å²) >= 11 is 0.223. The molecule has 0 aromatic carbocycles. The van der Waals surface area contributed by atoms with Crippen molar-refractivity contribution in [2.24, 2.45) is 0 Å². The number of aliphatic carboxylic acids is 6. The van der Waals surface area contributed by atoms with E-state index in [9.17, 15) is 49.2 Å². The third-order valence-corrected chi connectivity index (χ3v) is 18.6. The number of rotatable bonds is 44. The van der Waals surface area contributed by atoms with Crippen LogP contribution >= 0.6 is 0 Å². The van der Waals surface area contributed by atoms with Gasteiger partial charge in [-0.25, -0.2) is 9.59 Å². The van der Waals surface area contributed by atoms with Crippen molar-refractivity contribution < 1.29 is 59.4 Å². The molecule has 0 unspecified atom stereocenters. The van der Waals surface area contributed by atoms with E-state index in [4.69, 9.17) is 10.2 Å². The monoisotopic (exact) mass is 1210 g/mol. The Labute approximate surface area is 449 Å². The molecule has 0 rings (SSSR count). The molecule has 0 radical (unpaired) electrons. The molecule has 0 aliphatic rings. The van der Waals surface area contributed by atoms with Crippen molar-refractivity contribution in [1.29, 1.82) is 0 Å². The molecule has 14 heteroatoms. The molecule has 0 saturated carbocycles. The molecule has 0 bridgehead atoms. The Morgan fingerprint density at radius 3 is 0.700 bits per heavy atom. The molecule has 408 valence electrons. The Morgan fingerprint density at radius 2 is 0.500 bits per heavy atom. The molecule has 0 atom stereocenters. The molecule has 0 spiro atoms. The number of carbonyl (C=O) groups excluding carboxylic acids is 4. The maximum atomic E-state index is 10.1. The summed E-state index contributed by atoms with van der Waals surface area (Å²) in [6.45, 7) is 13.6. The number of carbonyl (C=O) groups is 6. The van der Waals surface area contributed by atoms with Crippen LogP contribution in [0.25, 0.3) is 0 Å². The van der Waals surface area contributed by atoms with E-state index >= 15 is 0 Å². The Morgan fingerprint density at radius 1 is 0.300 bits per heavy atom. The summed E-state index contributed by atoms with van der Waals surface area (Å²) in [5, 5.41) is 54.6. The zero-order chi connectivity index (χ0) is 54.0. The fourth-order valence-corrected chi connectivity index (χ4v) is 14.1. The first-order valence-electron chi connectivity index (χ1n) is 27.7. The van der Waals surface area contributed by atoms with Gasteiger partial charge < -0.3 is 49.8 Å². The molecule has 70 heavy (non-hydrogen) atoms. The number of unbranched alkanes of at least 4 members (excludes halogenated alkanes) is 28. The predicted octanol–water partition coefficient (Wildman–Crippen LogP) is 11.4. The molecule has 0 fully saturated rings. The van der Waals surface area contributed by atoms with Crippen molar-refractivity contribution in [2.45, 2.75) is 290 Å². The first kappa shape index (κ1) is 79.3. The molecule has 0 aromatic rings. The van der Waals surface area contributed by atoms with E-state index in [0.717, 1.165) is 25.7 Å². The van der Waals surface area contributed by atoms with Crippen LogP contribution in [0.5, 0.6) is 0 Å². The summed E-state index contributed by atoms with van der Waals surface area (Å²) in [6.07, 6.45) is 47.9. The largest absolute Gasteiger partial charge is 0.545 e. The molecule has 0 aliphatic heterocycles. The van der Waals surface area contributed by atoms with Crippen molar-refractivity contribution in [3.8, 4) is 0 Å². The summed E-state index contributed by atoms with van der Waals surface area (Å²) < 4.78 is 6.56. The summed E-state index contributed by atoms with van der Waals surface area (Å²) in [5.74, 6) is -7.43. The average Bonchev–Trinajstić information content (AvgIpc) is 3.31. The summed E-state index contributed by atoms with van der Waals surface area (Å²) in [5.41, 5.74) is 0. The second-order valence-electron chi connectivity index (χ2n) is 17.6. The van der Waals surface area contributed by atoms with Gasteiger partial charge in [-0.3, -0.25) is 0 Å². The van der Waals surface area contributed by atoms with Gasteiger partial charge in [-0.1, -0.05) is 117 Å². The van der Waals surface area contributed by atoms with Crippen LogP contribution in [0.15, 0.2) is 24.3 Å². The molecule has 2 N–H and O–H groups in total. The van der Waals surface area contributed by atoms with Gasteiger partial charge in [-0.2, -0.15) is 0 Å². The Bertz CT molecular complexity index is 1050. The number of hydrogen-bond acceptors (Lipinski definition) is 10. The SMILES string of the molecule is CCCCCCCCCCCC(=O)[O-].CCCCCCCCCCCC(=O)[O-].CCCCCCC[CH2][Sn+2][CH2]CCCCCCC.CCC[CH2][Sn+2][CH2]CCC.O=C(O)/C=C\C(=O)O.O=C([O-])/C=C\C(=O)[O-]. The smallest absolute Gasteiger partial charge is 0.328 e. The second-order valence-corrected chi connectivity index (χ2v) is 26.2. The Balaban J connectivity index is -0.000000180. The van der Waals surface area contributed by atoms with Crippen LogP contribution in [0.4, 0.5) is 0 Å². The zero-order valence-electron chi connectivity index (χ0n) is 45.6. The van der Waals surface area contributed by atoms with Crippen molar-refractivity contribution in [2.75, 3.05) is 0 Å². The van der Waals surface area contributed by atoms with E-state index < -0.39 is 35.8 Å². The number of carboxylic acid groups (broad SMARTS) is 6. The van der Waals surface area contributed by atoms with Gasteiger partial charge in [0.2, 0.25) is 0 Å². The zero-order valence-corrected chi connectivity index (χ0v) is 51.3. The topological polar surface area (TPSA) is 235 Å². The average molecular weight is 1210 g/mol. The van der Waals surface area contributed by atoms with E-state index in [-0.39, 0.29) is 55.1 Å². The van der Waals surface area contributed by atoms with Crippen LogP contribution < -0.4 is 20.4 Å².